The van der Waals surface area contributed by atoms with Crippen LogP contribution in [0.4, 0.5) is 5.69 Å². The summed E-state index contributed by atoms with van der Waals surface area (Å²) in [5, 5.41) is 2.37. The van der Waals surface area contributed by atoms with Gasteiger partial charge in [0.1, 0.15) is 12.6 Å². The molecule has 9 heteroatoms. The molecule has 1 spiro atoms. The van der Waals surface area contributed by atoms with Crippen LogP contribution in [0.5, 0.6) is 5.88 Å². The number of piperidine rings is 2. The van der Waals surface area contributed by atoms with Crippen LogP contribution in [0.2, 0.25) is 0 Å². The largest absolute Gasteiger partial charge is 0.473 e. The Morgan fingerprint density at radius 3 is 2.48 bits per heavy atom. The molecule has 4 aliphatic rings. The van der Waals surface area contributed by atoms with Crippen molar-refractivity contribution in [1.29, 1.82) is 0 Å². The summed E-state index contributed by atoms with van der Waals surface area (Å²) in [5.74, 6) is -0.114. The fourth-order valence-corrected chi connectivity index (χ4v) is 6.79. The van der Waals surface area contributed by atoms with Crippen LogP contribution in [0, 0.1) is 5.41 Å². The van der Waals surface area contributed by atoms with Crippen LogP contribution in [0.25, 0.3) is 0 Å². The molecule has 3 amide bonds. The number of fused-ring (bicyclic) bond motifs is 1. The number of hydrogen-bond donors (Lipinski definition) is 1. The second kappa shape index (κ2) is 10.9. The maximum Gasteiger partial charge on any atom is 0.255 e. The molecular weight excluding hydrogens is 530 g/mol. The van der Waals surface area contributed by atoms with E-state index in [9.17, 15) is 14.4 Å². The zero-order valence-corrected chi connectivity index (χ0v) is 23.6. The number of hydrogen-bond acceptors (Lipinski definition) is 7. The molecule has 0 saturated carbocycles. The van der Waals surface area contributed by atoms with Crippen LogP contribution in [0.3, 0.4) is 0 Å². The highest BCUT2D eigenvalue weighted by Gasteiger charge is 2.45. The van der Waals surface area contributed by atoms with Gasteiger partial charge in [0.15, 0.2) is 0 Å². The lowest BCUT2D eigenvalue weighted by molar-refractivity contribution is -0.136. The molecule has 5 heterocycles. The van der Waals surface area contributed by atoms with Crippen LogP contribution in [0.15, 0.2) is 66.9 Å². The van der Waals surface area contributed by atoms with Crippen molar-refractivity contribution in [2.45, 2.75) is 51.4 Å². The smallest absolute Gasteiger partial charge is 0.255 e. The molecule has 3 aromatic rings. The first-order valence-electron chi connectivity index (χ1n) is 14.8. The van der Waals surface area contributed by atoms with E-state index >= 15 is 0 Å². The summed E-state index contributed by atoms with van der Waals surface area (Å²) in [6.07, 6.45) is 4.76. The quantitative estimate of drug-likeness (QED) is 0.438. The second-order valence-electron chi connectivity index (χ2n) is 12.1. The van der Waals surface area contributed by atoms with Crippen LogP contribution < -0.4 is 15.0 Å². The van der Waals surface area contributed by atoms with Gasteiger partial charge in [0, 0.05) is 61.5 Å². The standard InChI is InChI=1S/C33H35N5O4/c39-29-11-10-28(31(40)35-29)38-19-25-17-26(8-9-27(25)32(38)41)37-21-33(22-37)12-15-36(16-13-33)18-23-4-6-24(7-5-23)20-42-30-3-1-2-14-34-30/h1-9,14,17,28H,10-13,15-16,18-22H2,(H,35,39,40). The molecular formula is C33H35N5O4. The average molecular weight is 566 g/mol. The van der Waals surface area contributed by atoms with E-state index < -0.39 is 6.04 Å². The molecule has 0 bridgehead atoms. The second-order valence-corrected chi connectivity index (χ2v) is 12.1. The Morgan fingerprint density at radius 2 is 1.74 bits per heavy atom. The fraction of sp³-hybridized carbons (Fsp3) is 0.394. The van der Waals surface area contributed by atoms with Gasteiger partial charge in [-0.2, -0.15) is 0 Å². The summed E-state index contributed by atoms with van der Waals surface area (Å²) in [6, 6.07) is 19.8. The van der Waals surface area contributed by atoms with E-state index in [0.29, 0.717) is 36.4 Å². The van der Waals surface area contributed by atoms with Crippen molar-refractivity contribution in [2.75, 3.05) is 31.1 Å². The summed E-state index contributed by atoms with van der Waals surface area (Å²) >= 11 is 0. The van der Waals surface area contributed by atoms with Crippen molar-refractivity contribution < 1.29 is 19.1 Å². The van der Waals surface area contributed by atoms with Crippen LogP contribution in [-0.2, 0) is 29.3 Å². The zero-order chi connectivity index (χ0) is 28.7. The maximum atomic E-state index is 13.0. The zero-order valence-electron chi connectivity index (χ0n) is 23.6. The third-order valence-corrected chi connectivity index (χ3v) is 9.30. The highest BCUT2D eigenvalue weighted by molar-refractivity contribution is 6.05. The van der Waals surface area contributed by atoms with Crippen molar-refractivity contribution in [3.8, 4) is 5.88 Å². The van der Waals surface area contributed by atoms with Gasteiger partial charge in [0.05, 0.1) is 0 Å². The molecule has 0 aliphatic carbocycles. The number of amides is 3. The first kappa shape index (κ1) is 26.6. The fourth-order valence-electron chi connectivity index (χ4n) is 6.79. The average Bonchev–Trinajstić information content (AvgIpc) is 3.31. The predicted molar refractivity (Wildman–Crippen MR) is 157 cm³/mol. The topological polar surface area (TPSA) is 95.1 Å². The Morgan fingerprint density at radius 1 is 0.952 bits per heavy atom. The van der Waals surface area contributed by atoms with Crippen molar-refractivity contribution in [3.05, 3.63) is 89.1 Å². The molecule has 1 unspecified atom stereocenters. The number of likely N-dealkylation sites (tertiary alicyclic amines) is 1. The van der Waals surface area contributed by atoms with E-state index in [2.05, 4.69) is 50.4 Å². The molecule has 7 rings (SSSR count). The number of nitrogens with zero attached hydrogens (tertiary/aromatic N) is 4. The number of imide groups is 1. The van der Waals surface area contributed by atoms with E-state index in [1.165, 1.54) is 18.4 Å². The van der Waals surface area contributed by atoms with Gasteiger partial charge in [-0.25, -0.2) is 4.98 Å². The molecule has 2 aromatic carbocycles. The number of rotatable bonds is 7. The van der Waals surface area contributed by atoms with Crippen LogP contribution in [0.1, 0.15) is 52.7 Å². The summed E-state index contributed by atoms with van der Waals surface area (Å²) in [7, 11) is 0. The summed E-state index contributed by atoms with van der Waals surface area (Å²) < 4.78 is 5.76. The van der Waals surface area contributed by atoms with Gasteiger partial charge >= 0.3 is 0 Å². The van der Waals surface area contributed by atoms with Crippen molar-refractivity contribution >= 4 is 23.4 Å². The molecule has 4 aliphatic heterocycles. The minimum absolute atomic E-state index is 0.119. The first-order valence-corrected chi connectivity index (χ1v) is 14.8. The van der Waals surface area contributed by atoms with Gasteiger partial charge in [-0.05, 0) is 73.3 Å². The van der Waals surface area contributed by atoms with E-state index in [-0.39, 0.29) is 24.1 Å². The minimum atomic E-state index is -0.576. The maximum absolute atomic E-state index is 13.0. The van der Waals surface area contributed by atoms with Crippen molar-refractivity contribution in [3.63, 3.8) is 0 Å². The van der Waals surface area contributed by atoms with Gasteiger partial charge in [-0.1, -0.05) is 30.3 Å². The molecule has 1 aromatic heterocycles. The molecule has 216 valence electrons. The molecule has 9 nitrogen and oxygen atoms in total. The Kier molecular flexibility index (Phi) is 6.90. The van der Waals surface area contributed by atoms with Gasteiger partial charge < -0.3 is 14.5 Å². The van der Waals surface area contributed by atoms with Crippen molar-refractivity contribution in [2.24, 2.45) is 5.41 Å². The van der Waals surface area contributed by atoms with Crippen LogP contribution >= 0.6 is 0 Å². The normalized spacial score (nSPS) is 21.7. The highest BCUT2D eigenvalue weighted by atomic mass is 16.5. The predicted octanol–water partition coefficient (Wildman–Crippen LogP) is 3.52. The monoisotopic (exact) mass is 565 g/mol. The Bertz CT molecular complexity index is 1490. The lowest BCUT2D eigenvalue weighted by atomic mass is 9.71. The third-order valence-electron chi connectivity index (χ3n) is 9.30. The Balaban J connectivity index is 0.892. The number of nitrogens with one attached hydrogen (secondary N) is 1. The molecule has 0 radical (unpaired) electrons. The highest BCUT2D eigenvalue weighted by Crippen LogP contribution is 2.43. The number of ether oxygens (including phenoxy) is 1. The third kappa shape index (κ3) is 5.25. The number of aromatic nitrogens is 1. The minimum Gasteiger partial charge on any atom is -0.473 e. The molecule has 42 heavy (non-hydrogen) atoms. The number of benzene rings is 2. The van der Waals surface area contributed by atoms with Gasteiger partial charge in [-0.3, -0.25) is 24.6 Å². The van der Waals surface area contributed by atoms with Gasteiger partial charge in [0.2, 0.25) is 17.7 Å². The summed E-state index contributed by atoms with van der Waals surface area (Å²) in [4.78, 5) is 47.7. The molecule has 1 atom stereocenters. The van der Waals surface area contributed by atoms with E-state index in [1.807, 2.05) is 30.3 Å². The summed E-state index contributed by atoms with van der Waals surface area (Å²) in [6.45, 7) is 6.16. The molecule has 3 saturated heterocycles. The van der Waals surface area contributed by atoms with E-state index in [0.717, 1.165) is 49.5 Å². The van der Waals surface area contributed by atoms with E-state index in [1.54, 1.807) is 11.1 Å². The van der Waals surface area contributed by atoms with Crippen molar-refractivity contribution in [1.82, 2.24) is 20.1 Å². The number of carbonyl (C=O) groups is 3. The lowest BCUT2D eigenvalue weighted by Gasteiger charge is -2.55. The molecule has 1 N–H and O–H groups in total. The number of anilines is 1. The van der Waals surface area contributed by atoms with Crippen LogP contribution in [-0.4, -0.2) is 64.7 Å². The first-order chi connectivity index (χ1) is 20.4. The number of pyridine rings is 1. The lowest BCUT2D eigenvalue weighted by Crippen LogP contribution is -2.60. The molecule has 3 fully saturated rings. The van der Waals surface area contributed by atoms with E-state index in [4.69, 9.17) is 4.74 Å². The Hall–Kier alpha value is -4.24. The van der Waals surface area contributed by atoms with Gasteiger partial charge in [0.25, 0.3) is 5.91 Å². The number of carbonyl (C=O) groups excluding carboxylic acids is 3. The van der Waals surface area contributed by atoms with Gasteiger partial charge in [-0.15, -0.1) is 0 Å². The summed E-state index contributed by atoms with van der Waals surface area (Å²) in [5.41, 5.74) is 5.59. The Labute approximate surface area is 245 Å². The SMILES string of the molecule is O=C1CCC(N2Cc3cc(N4CC5(CCN(Cc6ccc(COc7ccccn7)cc6)CC5)C4)ccc3C2=O)C(=O)N1.